The lowest BCUT2D eigenvalue weighted by Crippen LogP contribution is -2.25. The van der Waals surface area contributed by atoms with Gasteiger partial charge in [0.05, 0.1) is 5.69 Å². The Bertz CT molecular complexity index is 558. The highest BCUT2D eigenvalue weighted by molar-refractivity contribution is 9.10. The highest BCUT2D eigenvalue weighted by Gasteiger charge is 2.20. The molecule has 0 saturated heterocycles. The van der Waals surface area contributed by atoms with Crippen molar-refractivity contribution in [2.75, 3.05) is 6.54 Å². The lowest BCUT2D eigenvalue weighted by atomic mass is 9.88. The average molecular weight is 339 g/mol. The van der Waals surface area contributed by atoms with Gasteiger partial charge in [0.25, 0.3) is 0 Å². The van der Waals surface area contributed by atoms with Crippen LogP contribution in [0.5, 0.6) is 0 Å². The summed E-state index contributed by atoms with van der Waals surface area (Å²) < 4.78 is 1.09. The van der Waals surface area contributed by atoms with Crippen LogP contribution in [0.15, 0.2) is 28.7 Å². The lowest BCUT2D eigenvalue weighted by Gasteiger charge is -2.21. The number of nitrogens with two attached hydrogens (primary N) is 1. The van der Waals surface area contributed by atoms with Gasteiger partial charge in [0, 0.05) is 14.9 Å². The summed E-state index contributed by atoms with van der Waals surface area (Å²) in [6, 6.07) is 8.30. The number of nitrogens with zero attached hydrogens (tertiary/aromatic N) is 1. The number of aromatic nitrogens is 1. The number of hydrogen-bond acceptors (Lipinski definition) is 3. The van der Waals surface area contributed by atoms with Gasteiger partial charge in [-0.25, -0.2) is 4.98 Å². The Morgan fingerprint density at radius 2 is 1.89 bits per heavy atom. The van der Waals surface area contributed by atoms with Gasteiger partial charge >= 0.3 is 0 Å². The van der Waals surface area contributed by atoms with Crippen LogP contribution in [0.3, 0.4) is 0 Å². The Kier molecular flexibility index (Phi) is 4.43. The molecule has 0 unspecified atom stereocenters. The standard InChI is InChI=1S/C15H19BrN2S/c1-10-13(8-15(2,3)9-17)19-14(18-10)11-4-6-12(16)7-5-11/h4-7H,8-9,17H2,1-3H3. The fourth-order valence-electron chi connectivity index (χ4n) is 1.81. The molecule has 19 heavy (non-hydrogen) atoms. The van der Waals surface area contributed by atoms with E-state index < -0.39 is 0 Å². The third kappa shape index (κ3) is 3.65. The van der Waals surface area contributed by atoms with Crippen molar-refractivity contribution >= 4 is 27.3 Å². The molecular formula is C15H19BrN2S. The summed E-state index contributed by atoms with van der Waals surface area (Å²) in [4.78, 5) is 6.03. The molecule has 1 aromatic carbocycles. The van der Waals surface area contributed by atoms with Crippen LogP contribution in [0.4, 0.5) is 0 Å². The summed E-state index contributed by atoms with van der Waals surface area (Å²) >= 11 is 5.23. The van der Waals surface area contributed by atoms with Gasteiger partial charge in [-0.05, 0) is 37.4 Å². The average Bonchev–Trinajstić information content (AvgIpc) is 2.71. The van der Waals surface area contributed by atoms with E-state index >= 15 is 0 Å². The third-order valence-electron chi connectivity index (χ3n) is 3.18. The molecule has 0 aliphatic heterocycles. The maximum absolute atomic E-state index is 5.82. The first-order chi connectivity index (χ1) is 8.91. The van der Waals surface area contributed by atoms with Gasteiger partial charge in [-0.15, -0.1) is 11.3 Å². The molecule has 4 heteroatoms. The minimum absolute atomic E-state index is 0.133. The zero-order valence-corrected chi connectivity index (χ0v) is 13.9. The van der Waals surface area contributed by atoms with Gasteiger partial charge in [0.2, 0.25) is 0 Å². The molecule has 1 heterocycles. The van der Waals surface area contributed by atoms with Crippen LogP contribution in [-0.2, 0) is 6.42 Å². The highest BCUT2D eigenvalue weighted by atomic mass is 79.9. The maximum atomic E-state index is 5.82. The normalized spacial score (nSPS) is 11.8. The van der Waals surface area contributed by atoms with E-state index in [0.29, 0.717) is 6.54 Å². The summed E-state index contributed by atoms with van der Waals surface area (Å²) in [5, 5.41) is 1.09. The smallest absolute Gasteiger partial charge is 0.123 e. The molecule has 2 N–H and O–H groups in total. The van der Waals surface area contributed by atoms with Crippen molar-refractivity contribution in [1.82, 2.24) is 4.98 Å². The maximum Gasteiger partial charge on any atom is 0.123 e. The van der Waals surface area contributed by atoms with Gasteiger partial charge < -0.3 is 5.73 Å². The molecule has 0 saturated carbocycles. The van der Waals surface area contributed by atoms with Crippen molar-refractivity contribution < 1.29 is 0 Å². The van der Waals surface area contributed by atoms with Crippen molar-refractivity contribution in [3.8, 4) is 10.6 Å². The Morgan fingerprint density at radius 1 is 1.26 bits per heavy atom. The first kappa shape index (κ1) is 14.7. The molecule has 2 rings (SSSR count). The fraction of sp³-hybridized carbons (Fsp3) is 0.400. The Balaban J connectivity index is 2.28. The first-order valence-corrected chi connectivity index (χ1v) is 7.94. The molecule has 0 radical (unpaired) electrons. The van der Waals surface area contributed by atoms with E-state index in [9.17, 15) is 0 Å². The van der Waals surface area contributed by atoms with Crippen molar-refractivity contribution in [3.05, 3.63) is 39.3 Å². The van der Waals surface area contributed by atoms with Gasteiger partial charge in [-0.3, -0.25) is 0 Å². The largest absolute Gasteiger partial charge is 0.330 e. The molecule has 1 aromatic heterocycles. The van der Waals surface area contributed by atoms with E-state index in [4.69, 9.17) is 10.7 Å². The summed E-state index contributed by atoms with van der Waals surface area (Å²) in [5.74, 6) is 0. The number of hydrogen-bond donors (Lipinski definition) is 1. The molecule has 0 aliphatic carbocycles. The fourth-order valence-corrected chi connectivity index (χ4v) is 3.41. The van der Waals surface area contributed by atoms with E-state index in [0.717, 1.165) is 21.6 Å². The number of rotatable bonds is 4. The summed E-state index contributed by atoms with van der Waals surface area (Å²) in [6.45, 7) is 7.18. The van der Waals surface area contributed by atoms with Gasteiger partial charge in [0.15, 0.2) is 0 Å². The Hall–Kier alpha value is -0.710. The predicted molar refractivity (Wildman–Crippen MR) is 86.5 cm³/mol. The monoisotopic (exact) mass is 338 g/mol. The van der Waals surface area contributed by atoms with E-state index in [1.165, 1.54) is 10.4 Å². The van der Waals surface area contributed by atoms with Crippen molar-refractivity contribution in [2.45, 2.75) is 27.2 Å². The van der Waals surface area contributed by atoms with Crippen molar-refractivity contribution in [1.29, 1.82) is 0 Å². The molecule has 2 nitrogen and oxygen atoms in total. The molecule has 0 fully saturated rings. The van der Waals surface area contributed by atoms with E-state index in [1.807, 2.05) is 0 Å². The second-order valence-corrected chi connectivity index (χ2v) is 7.58. The molecule has 0 aliphatic rings. The summed E-state index contributed by atoms with van der Waals surface area (Å²) in [7, 11) is 0. The van der Waals surface area contributed by atoms with Crippen molar-refractivity contribution in [2.24, 2.45) is 11.1 Å². The van der Waals surface area contributed by atoms with Crippen LogP contribution in [0.1, 0.15) is 24.4 Å². The van der Waals surface area contributed by atoms with Gasteiger partial charge in [-0.2, -0.15) is 0 Å². The topological polar surface area (TPSA) is 38.9 Å². The second kappa shape index (κ2) is 5.73. The highest BCUT2D eigenvalue weighted by Crippen LogP contribution is 2.32. The zero-order valence-electron chi connectivity index (χ0n) is 11.5. The first-order valence-electron chi connectivity index (χ1n) is 6.33. The lowest BCUT2D eigenvalue weighted by molar-refractivity contribution is 0.379. The van der Waals surface area contributed by atoms with Gasteiger partial charge in [0.1, 0.15) is 5.01 Å². The van der Waals surface area contributed by atoms with Crippen LogP contribution in [0.2, 0.25) is 0 Å². The Labute approximate surface area is 127 Å². The molecular weight excluding hydrogens is 320 g/mol. The van der Waals surface area contributed by atoms with Crippen LogP contribution in [0.25, 0.3) is 10.6 Å². The SMILES string of the molecule is Cc1nc(-c2ccc(Br)cc2)sc1CC(C)(C)CN. The molecule has 0 amide bonds. The zero-order chi connectivity index (χ0) is 14.0. The number of benzene rings is 1. The Morgan fingerprint density at radius 3 is 2.47 bits per heavy atom. The molecule has 0 spiro atoms. The second-order valence-electron chi connectivity index (χ2n) is 5.58. The van der Waals surface area contributed by atoms with Gasteiger partial charge in [-0.1, -0.05) is 41.9 Å². The van der Waals surface area contributed by atoms with Crippen LogP contribution in [0, 0.1) is 12.3 Å². The molecule has 0 bridgehead atoms. The minimum Gasteiger partial charge on any atom is -0.330 e. The van der Waals surface area contributed by atoms with Crippen LogP contribution >= 0.6 is 27.3 Å². The van der Waals surface area contributed by atoms with Crippen LogP contribution in [-0.4, -0.2) is 11.5 Å². The summed E-state index contributed by atoms with van der Waals surface area (Å²) in [6.07, 6.45) is 0.990. The molecule has 2 aromatic rings. The quantitative estimate of drug-likeness (QED) is 0.896. The minimum atomic E-state index is 0.133. The van der Waals surface area contributed by atoms with E-state index in [-0.39, 0.29) is 5.41 Å². The molecule has 102 valence electrons. The molecule has 0 atom stereocenters. The van der Waals surface area contributed by atoms with E-state index in [1.54, 1.807) is 11.3 Å². The third-order valence-corrected chi connectivity index (χ3v) is 4.91. The van der Waals surface area contributed by atoms with E-state index in [2.05, 4.69) is 61.0 Å². The number of aryl methyl sites for hydroxylation is 1. The number of thiazole rings is 1. The van der Waals surface area contributed by atoms with Crippen molar-refractivity contribution in [3.63, 3.8) is 0 Å². The predicted octanol–water partition coefficient (Wildman–Crippen LogP) is 4.41. The number of halogens is 1. The van der Waals surface area contributed by atoms with Crippen LogP contribution < -0.4 is 5.73 Å². The summed E-state index contributed by atoms with van der Waals surface area (Å²) in [5.41, 5.74) is 8.25.